The molecule has 20 heavy (non-hydrogen) atoms. The highest BCUT2D eigenvalue weighted by atomic mass is 35.5. The number of hydrogen-bond acceptors (Lipinski definition) is 3. The van der Waals surface area contributed by atoms with Crippen LogP contribution in [-0.2, 0) is 0 Å². The molecule has 0 saturated carbocycles. The van der Waals surface area contributed by atoms with Crippen molar-refractivity contribution in [2.24, 2.45) is 0 Å². The maximum Gasteiger partial charge on any atom is 0.256 e. The van der Waals surface area contributed by atoms with Crippen LogP contribution in [0.3, 0.4) is 0 Å². The summed E-state index contributed by atoms with van der Waals surface area (Å²) in [5.74, 6) is 0.631. The van der Waals surface area contributed by atoms with Crippen molar-refractivity contribution in [2.45, 2.75) is 33.7 Å². The number of anilines is 1. The summed E-state index contributed by atoms with van der Waals surface area (Å²) in [5.41, 5.74) is 3.31. The molecule has 0 radical (unpaired) electrons. The lowest BCUT2D eigenvalue weighted by Crippen LogP contribution is -2.23. The molecule has 1 unspecified atom stereocenters. The molecule has 1 aromatic heterocycles. The van der Waals surface area contributed by atoms with E-state index in [2.05, 4.69) is 15.3 Å². The van der Waals surface area contributed by atoms with Crippen LogP contribution in [0, 0.1) is 20.8 Å². The Morgan fingerprint density at radius 1 is 1.30 bits per heavy atom. The van der Waals surface area contributed by atoms with E-state index in [-0.39, 0.29) is 11.6 Å². The fourth-order valence-corrected chi connectivity index (χ4v) is 2.57. The van der Waals surface area contributed by atoms with Gasteiger partial charge in [0.2, 0.25) is 0 Å². The van der Waals surface area contributed by atoms with Gasteiger partial charge in [-0.2, -0.15) is 0 Å². The van der Waals surface area contributed by atoms with Crippen molar-refractivity contribution in [3.05, 3.63) is 56.2 Å². The molecule has 1 heterocycles. The Hall–Kier alpha value is -1.81. The molecule has 0 aliphatic carbocycles. The van der Waals surface area contributed by atoms with E-state index < -0.39 is 0 Å². The number of hydrogen-bond donors (Lipinski definition) is 2. The van der Waals surface area contributed by atoms with Gasteiger partial charge in [0.15, 0.2) is 0 Å². The summed E-state index contributed by atoms with van der Waals surface area (Å²) in [5, 5.41) is 4.04. The zero-order valence-electron chi connectivity index (χ0n) is 12.0. The SMILES string of the molecule is Cc1nc(C)c(C(C)Nc2ccc(Cl)cc2C)c(=O)[nH]1. The van der Waals surface area contributed by atoms with Gasteiger partial charge < -0.3 is 10.3 Å². The molecule has 0 spiro atoms. The van der Waals surface area contributed by atoms with Crippen molar-refractivity contribution in [1.82, 2.24) is 9.97 Å². The average molecular weight is 292 g/mol. The maximum absolute atomic E-state index is 12.1. The number of nitrogens with one attached hydrogen (secondary N) is 2. The minimum absolute atomic E-state index is 0.0957. The standard InChI is InChI=1S/C15H18ClN3O/c1-8-7-12(16)5-6-13(8)18-10(3)14-9(2)17-11(4)19-15(14)20/h5-7,10,18H,1-4H3,(H,17,19,20). The highest BCUT2D eigenvalue weighted by molar-refractivity contribution is 6.30. The normalized spacial score (nSPS) is 12.2. The number of aromatic amines is 1. The molecule has 2 rings (SSSR count). The van der Waals surface area contributed by atoms with Gasteiger partial charge in [0.05, 0.1) is 17.3 Å². The smallest absolute Gasteiger partial charge is 0.256 e. The molecule has 0 amide bonds. The monoisotopic (exact) mass is 291 g/mol. The van der Waals surface area contributed by atoms with Crippen LogP contribution in [0.5, 0.6) is 0 Å². The molecule has 0 bridgehead atoms. The van der Waals surface area contributed by atoms with Crippen molar-refractivity contribution in [3.63, 3.8) is 0 Å². The van der Waals surface area contributed by atoms with E-state index >= 15 is 0 Å². The highest BCUT2D eigenvalue weighted by Gasteiger charge is 2.15. The third kappa shape index (κ3) is 3.02. The molecule has 0 aliphatic rings. The molecule has 4 nitrogen and oxygen atoms in total. The van der Waals surface area contributed by atoms with Crippen LogP contribution in [-0.4, -0.2) is 9.97 Å². The summed E-state index contributed by atoms with van der Waals surface area (Å²) in [7, 11) is 0. The first kappa shape index (κ1) is 14.6. The zero-order valence-corrected chi connectivity index (χ0v) is 12.8. The number of aromatic nitrogens is 2. The van der Waals surface area contributed by atoms with Crippen LogP contribution in [0.2, 0.25) is 5.02 Å². The fraction of sp³-hybridized carbons (Fsp3) is 0.333. The Kier molecular flexibility index (Phi) is 4.14. The lowest BCUT2D eigenvalue weighted by molar-refractivity contribution is 0.813. The molecule has 5 heteroatoms. The maximum atomic E-state index is 12.1. The lowest BCUT2D eigenvalue weighted by atomic mass is 10.1. The number of aryl methyl sites for hydroxylation is 3. The lowest BCUT2D eigenvalue weighted by Gasteiger charge is -2.18. The number of halogens is 1. The Labute approximate surface area is 123 Å². The molecule has 2 N–H and O–H groups in total. The quantitative estimate of drug-likeness (QED) is 0.909. The molecule has 0 fully saturated rings. The second kappa shape index (κ2) is 5.67. The van der Waals surface area contributed by atoms with Crippen LogP contribution < -0.4 is 10.9 Å². The summed E-state index contributed by atoms with van der Waals surface area (Å²) >= 11 is 5.95. The Balaban J connectivity index is 2.33. The van der Waals surface area contributed by atoms with Crippen LogP contribution in [0.25, 0.3) is 0 Å². The Morgan fingerprint density at radius 2 is 2.00 bits per heavy atom. The number of nitrogens with zero attached hydrogens (tertiary/aromatic N) is 1. The molecule has 2 aromatic rings. The summed E-state index contributed by atoms with van der Waals surface area (Å²) in [6, 6.07) is 5.50. The summed E-state index contributed by atoms with van der Waals surface area (Å²) < 4.78 is 0. The van der Waals surface area contributed by atoms with Crippen molar-refractivity contribution in [2.75, 3.05) is 5.32 Å². The Bertz CT molecular complexity index is 694. The van der Waals surface area contributed by atoms with Crippen LogP contribution in [0.15, 0.2) is 23.0 Å². The van der Waals surface area contributed by atoms with Crippen molar-refractivity contribution in [1.29, 1.82) is 0 Å². The largest absolute Gasteiger partial charge is 0.378 e. The molecule has 1 aromatic carbocycles. The van der Waals surface area contributed by atoms with Gasteiger partial charge in [-0.1, -0.05) is 11.6 Å². The predicted molar refractivity (Wildman–Crippen MR) is 82.6 cm³/mol. The minimum Gasteiger partial charge on any atom is -0.378 e. The number of benzene rings is 1. The summed E-state index contributed by atoms with van der Waals surface area (Å²) in [6.07, 6.45) is 0. The van der Waals surface area contributed by atoms with E-state index in [4.69, 9.17) is 11.6 Å². The molecule has 1 atom stereocenters. The van der Waals surface area contributed by atoms with Gasteiger partial charge >= 0.3 is 0 Å². The van der Waals surface area contributed by atoms with E-state index in [0.29, 0.717) is 16.4 Å². The summed E-state index contributed by atoms with van der Waals surface area (Å²) in [6.45, 7) is 7.55. The van der Waals surface area contributed by atoms with E-state index in [9.17, 15) is 4.79 Å². The van der Waals surface area contributed by atoms with Crippen LogP contribution in [0.1, 0.15) is 35.6 Å². The van der Waals surface area contributed by atoms with E-state index in [1.807, 2.05) is 39.0 Å². The molecule has 106 valence electrons. The topological polar surface area (TPSA) is 57.8 Å². The molecule has 0 aliphatic heterocycles. The average Bonchev–Trinajstić information content (AvgIpc) is 2.31. The fourth-order valence-electron chi connectivity index (χ4n) is 2.34. The van der Waals surface area contributed by atoms with Crippen molar-refractivity contribution >= 4 is 17.3 Å². The first-order chi connectivity index (χ1) is 9.38. The second-order valence-corrected chi connectivity index (χ2v) is 5.41. The van der Waals surface area contributed by atoms with Crippen molar-refractivity contribution < 1.29 is 0 Å². The van der Waals surface area contributed by atoms with Crippen LogP contribution in [0.4, 0.5) is 5.69 Å². The minimum atomic E-state index is -0.133. The van der Waals surface area contributed by atoms with Crippen LogP contribution >= 0.6 is 11.6 Å². The zero-order chi connectivity index (χ0) is 14.9. The third-order valence-corrected chi connectivity index (χ3v) is 3.49. The van der Waals surface area contributed by atoms with E-state index in [1.54, 1.807) is 6.92 Å². The van der Waals surface area contributed by atoms with Gasteiger partial charge in [0, 0.05) is 10.7 Å². The molecular formula is C15H18ClN3O. The van der Waals surface area contributed by atoms with Crippen molar-refractivity contribution in [3.8, 4) is 0 Å². The van der Waals surface area contributed by atoms with Gasteiger partial charge in [0.25, 0.3) is 5.56 Å². The van der Waals surface area contributed by atoms with Gasteiger partial charge in [-0.05, 0) is 51.5 Å². The first-order valence-electron chi connectivity index (χ1n) is 6.48. The third-order valence-electron chi connectivity index (χ3n) is 3.26. The molecule has 0 saturated heterocycles. The highest BCUT2D eigenvalue weighted by Crippen LogP contribution is 2.24. The predicted octanol–water partition coefficient (Wildman–Crippen LogP) is 3.52. The van der Waals surface area contributed by atoms with E-state index in [0.717, 1.165) is 16.9 Å². The number of H-pyrrole nitrogens is 1. The summed E-state index contributed by atoms with van der Waals surface area (Å²) in [4.78, 5) is 19.1. The van der Waals surface area contributed by atoms with E-state index in [1.165, 1.54) is 0 Å². The first-order valence-corrected chi connectivity index (χ1v) is 6.86. The van der Waals surface area contributed by atoms with Gasteiger partial charge in [-0.15, -0.1) is 0 Å². The molecular weight excluding hydrogens is 274 g/mol. The second-order valence-electron chi connectivity index (χ2n) is 4.98. The van der Waals surface area contributed by atoms with Gasteiger partial charge in [-0.25, -0.2) is 4.98 Å². The van der Waals surface area contributed by atoms with Gasteiger partial charge in [0.1, 0.15) is 5.82 Å². The Morgan fingerprint density at radius 3 is 2.60 bits per heavy atom. The van der Waals surface area contributed by atoms with Gasteiger partial charge in [-0.3, -0.25) is 4.79 Å². The number of rotatable bonds is 3.